The first-order valence-corrected chi connectivity index (χ1v) is 9.64. The molecule has 154 valence electrons. The second-order valence-electron chi connectivity index (χ2n) is 7.34. The first kappa shape index (κ1) is 18.7. The molecule has 0 aliphatic carbocycles. The third-order valence-corrected chi connectivity index (χ3v) is 5.33. The summed E-state index contributed by atoms with van der Waals surface area (Å²) in [6.45, 7) is 3.38. The number of pyridine rings is 1. The number of hydrogen-bond acceptors (Lipinski definition) is 5. The van der Waals surface area contributed by atoms with Crippen molar-refractivity contribution in [3.8, 4) is 16.9 Å². The molecule has 0 spiro atoms. The lowest BCUT2D eigenvalue weighted by atomic mass is 10.1. The van der Waals surface area contributed by atoms with Gasteiger partial charge in [0.1, 0.15) is 6.54 Å². The fourth-order valence-electron chi connectivity index (χ4n) is 3.92. The molecular weight excluding hydrogens is 396 g/mol. The number of imidazole rings is 1. The van der Waals surface area contributed by atoms with E-state index in [1.54, 1.807) is 35.2 Å². The highest BCUT2D eigenvalue weighted by atomic mass is 16.4. The summed E-state index contributed by atoms with van der Waals surface area (Å²) in [4.78, 5) is 33.5. The molecule has 0 aliphatic heterocycles. The minimum atomic E-state index is -1.08. The van der Waals surface area contributed by atoms with Crippen molar-refractivity contribution in [2.24, 2.45) is 0 Å². The number of carbonyl (C=O) groups is 1. The van der Waals surface area contributed by atoms with Crippen molar-refractivity contribution in [1.82, 2.24) is 28.7 Å². The highest BCUT2D eigenvalue weighted by Crippen LogP contribution is 2.27. The summed E-state index contributed by atoms with van der Waals surface area (Å²) in [7, 11) is 0. The molecule has 0 aliphatic rings. The van der Waals surface area contributed by atoms with Gasteiger partial charge in [-0.05, 0) is 43.2 Å². The summed E-state index contributed by atoms with van der Waals surface area (Å²) in [5, 5.41) is 13.6. The molecule has 1 N–H and O–H groups in total. The zero-order valence-electron chi connectivity index (χ0n) is 16.9. The van der Waals surface area contributed by atoms with Crippen molar-refractivity contribution >= 4 is 22.6 Å². The van der Waals surface area contributed by atoms with Gasteiger partial charge in [-0.1, -0.05) is 12.1 Å². The lowest BCUT2D eigenvalue weighted by Gasteiger charge is -2.10. The maximum absolute atomic E-state index is 13.2. The zero-order valence-corrected chi connectivity index (χ0v) is 16.9. The van der Waals surface area contributed by atoms with Gasteiger partial charge < -0.3 is 5.11 Å². The highest BCUT2D eigenvalue weighted by molar-refractivity contribution is 5.83. The molecule has 4 aromatic heterocycles. The third-order valence-electron chi connectivity index (χ3n) is 5.33. The summed E-state index contributed by atoms with van der Waals surface area (Å²) in [6, 6.07) is 9.14. The molecule has 0 bridgehead atoms. The highest BCUT2D eigenvalue weighted by Gasteiger charge is 2.20. The SMILES string of the molecule is Cc1cc(-c2cnn3cccnc23)ncc1-n1c(=O)n(CC(=O)O)c2cccc(C)c21. The van der Waals surface area contributed by atoms with E-state index in [2.05, 4.69) is 15.1 Å². The fraction of sp³-hybridized carbons (Fsp3) is 0.136. The van der Waals surface area contributed by atoms with Gasteiger partial charge in [-0.3, -0.25) is 18.9 Å². The van der Waals surface area contributed by atoms with Crippen molar-refractivity contribution in [3.63, 3.8) is 0 Å². The Morgan fingerprint density at radius 1 is 1.10 bits per heavy atom. The van der Waals surface area contributed by atoms with E-state index in [0.717, 1.165) is 16.7 Å². The van der Waals surface area contributed by atoms with Crippen molar-refractivity contribution in [2.45, 2.75) is 20.4 Å². The Kier molecular flexibility index (Phi) is 4.18. The smallest absolute Gasteiger partial charge is 0.334 e. The molecule has 0 unspecified atom stereocenters. The number of aromatic nitrogens is 6. The number of benzene rings is 1. The number of rotatable bonds is 4. The average Bonchev–Trinajstić information content (AvgIpc) is 3.29. The molecule has 5 rings (SSSR count). The van der Waals surface area contributed by atoms with Crippen LogP contribution in [-0.4, -0.2) is 39.8 Å². The molecule has 9 nitrogen and oxygen atoms in total. The Morgan fingerprint density at radius 2 is 1.94 bits per heavy atom. The Bertz CT molecular complexity index is 1540. The lowest BCUT2D eigenvalue weighted by molar-refractivity contribution is -0.137. The molecule has 0 fully saturated rings. The van der Waals surface area contributed by atoms with Gasteiger partial charge in [0.25, 0.3) is 0 Å². The van der Waals surface area contributed by atoms with Crippen molar-refractivity contribution in [1.29, 1.82) is 0 Å². The van der Waals surface area contributed by atoms with Gasteiger partial charge in [0.2, 0.25) is 0 Å². The molecule has 0 saturated carbocycles. The van der Waals surface area contributed by atoms with Crippen molar-refractivity contribution in [2.75, 3.05) is 0 Å². The predicted molar refractivity (Wildman–Crippen MR) is 114 cm³/mol. The van der Waals surface area contributed by atoms with Crippen LogP contribution in [0.5, 0.6) is 0 Å². The maximum Gasteiger partial charge on any atom is 0.334 e. The Labute approximate surface area is 175 Å². The van der Waals surface area contributed by atoms with Crippen LogP contribution in [0.4, 0.5) is 0 Å². The van der Waals surface area contributed by atoms with Gasteiger partial charge in [-0.25, -0.2) is 14.3 Å². The Morgan fingerprint density at radius 3 is 2.71 bits per heavy atom. The van der Waals surface area contributed by atoms with Crippen LogP contribution >= 0.6 is 0 Å². The van der Waals surface area contributed by atoms with E-state index in [0.29, 0.717) is 28.1 Å². The van der Waals surface area contributed by atoms with E-state index in [-0.39, 0.29) is 0 Å². The van der Waals surface area contributed by atoms with Gasteiger partial charge in [0.05, 0.1) is 40.4 Å². The second kappa shape index (κ2) is 6.91. The number of carboxylic acid groups (broad SMARTS) is 1. The van der Waals surface area contributed by atoms with Crippen LogP contribution < -0.4 is 5.69 Å². The average molecular weight is 414 g/mol. The Balaban J connectivity index is 1.72. The van der Waals surface area contributed by atoms with E-state index in [1.807, 2.05) is 38.2 Å². The molecule has 5 aromatic rings. The second-order valence-corrected chi connectivity index (χ2v) is 7.34. The Hall–Kier alpha value is -4.27. The zero-order chi connectivity index (χ0) is 21.7. The monoisotopic (exact) mass is 414 g/mol. The van der Waals surface area contributed by atoms with Crippen molar-refractivity contribution in [3.05, 3.63) is 76.7 Å². The number of hydrogen-bond donors (Lipinski definition) is 1. The number of aliphatic carboxylic acids is 1. The van der Waals surface area contributed by atoms with Crippen molar-refractivity contribution < 1.29 is 9.90 Å². The third kappa shape index (κ3) is 2.90. The minimum absolute atomic E-state index is 0.412. The maximum atomic E-state index is 13.2. The molecule has 4 heterocycles. The quantitative estimate of drug-likeness (QED) is 0.484. The molecule has 31 heavy (non-hydrogen) atoms. The van der Waals surface area contributed by atoms with E-state index >= 15 is 0 Å². The summed E-state index contributed by atoms with van der Waals surface area (Å²) < 4.78 is 4.48. The number of carboxylic acids is 1. The summed E-state index contributed by atoms with van der Waals surface area (Å²) in [5.74, 6) is -1.08. The van der Waals surface area contributed by atoms with Crippen LogP contribution in [0.1, 0.15) is 11.1 Å². The number of para-hydroxylation sites is 1. The summed E-state index contributed by atoms with van der Waals surface area (Å²) in [6.07, 6.45) is 6.85. The molecule has 0 atom stereocenters. The predicted octanol–water partition coefficient (Wildman–Crippen LogP) is 2.60. The largest absolute Gasteiger partial charge is 0.480 e. The number of nitrogens with zero attached hydrogens (tertiary/aromatic N) is 6. The first-order valence-electron chi connectivity index (χ1n) is 9.64. The number of aryl methyl sites for hydroxylation is 2. The lowest BCUT2D eigenvalue weighted by Crippen LogP contribution is -2.26. The molecule has 0 radical (unpaired) electrons. The van der Waals surface area contributed by atoms with Crippen LogP contribution in [0, 0.1) is 13.8 Å². The molecule has 0 amide bonds. The van der Waals surface area contributed by atoms with Crippen LogP contribution in [0.25, 0.3) is 33.6 Å². The van der Waals surface area contributed by atoms with E-state index < -0.39 is 18.2 Å². The fourth-order valence-corrected chi connectivity index (χ4v) is 3.92. The van der Waals surface area contributed by atoms with Crippen LogP contribution in [0.2, 0.25) is 0 Å². The van der Waals surface area contributed by atoms with E-state index in [4.69, 9.17) is 0 Å². The summed E-state index contributed by atoms with van der Waals surface area (Å²) >= 11 is 0. The van der Waals surface area contributed by atoms with Crippen LogP contribution in [0.3, 0.4) is 0 Å². The molecule has 0 saturated heterocycles. The topological polar surface area (TPSA) is 107 Å². The first-order chi connectivity index (χ1) is 15.0. The van der Waals surface area contributed by atoms with Crippen LogP contribution in [-0.2, 0) is 11.3 Å². The summed E-state index contributed by atoms with van der Waals surface area (Å²) in [5.41, 5.74) is 5.28. The molecular formula is C22H18N6O3. The van der Waals surface area contributed by atoms with Gasteiger partial charge in [0, 0.05) is 12.4 Å². The van der Waals surface area contributed by atoms with Gasteiger partial charge in [0.15, 0.2) is 5.65 Å². The van der Waals surface area contributed by atoms with E-state index in [1.165, 1.54) is 9.13 Å². The van der Waals surface area contributed by atoms with Gasteiger partial charge in [-0.2, -0.15) is 5.10 Å². The molecule has 9 heteroatoms. The normalized spacial score (nSPS) is 11.4. The minimum Gasteiger partial charge on any atom is -0.480 e. The van der Waals surface area contributed by atoms with Gasteiger partial charge >= 0.3 is 11.7 Å². The van der Waals surface area contributed by atoms with E-state index in [9.17, 15) is 14.7 Å². The molecule has 1 aromatic carbocycles. The van der Waals surface area contributed by atoms with Crippen LogP contribution in [0.15, 0.2) is 59.9 Å². The standard InChI is InChI=1S/C22H18N6O3/c1-13-5-3-6-17-20(13)28(22(31)26(17)12-19(29)30)18-11-24-16(9-14(18)2)15-10-25-27-8-4-7-23-21(15)27/h3-11H,12H2,1-2H3,(H,29,30). The van der Waals surface area contributed by atoms with Gasteiger partial charge in [-0.15, -0.1) is 0 Å². The number of fused-ring (bicyclic) bond motifs is 2.